The number of rotatable bonds is 9. The van der Waals surface area contributed by atoms with Crippen LogP contribution >= 0.6 is 0 Å². The zero-order chi connectivity index (χ0) is 14.1. The van der Waals surface area contributed by atoms with Gasteiger partial charge in [0.15, 0.2) is 0 Å². The lowest BCUT2D eigenvalue weighted by atomic mass is 10.1. The minimum absolute atomic E-state index is 0.323. The predicted molar refractivity (Wildman–Crippen MR) is 82.9 cm³/mol. The van der Waals surface area contributed by atoms with Crippen molar-refractivity contribution in [3.8, 4) is 0 Å². The molecular formula is C16H28N2O. The number of likely N-dealkylation sites (N-methyl/N-ethyl adjacent to an activating group) is 1. The lowest BCUT2D eigenvalue weighted by Gasteiger charge is -2.27. The van der Waals surface area contributed by atoms with Gasteiger partial charge in [0.05, 0.1) is 6.10 Å². The summed E-state index contributed by atoms with van der Waals surface area (Å²) >= 11 is 0. The quantitative estimate of drug-likeness (QED) is 0.673. The van der Waals surface area contributed by atoms with Crippen LogP contribution in [0.5, 0.6) is 0 Å². The topological polar surface area (TPSA) is 35.5 Å². The maximum absolute atomic E-state index is 10.1. The zero-order valence-corrected chi connectivity index (χ0v) is 12.5. The number of anilines is 1. The first-order valence-electron chi connectivity index (χ1n) is 7.38. The molecule has 2 N–H and O–H groups in total. The summed E-state index contributed by atoms with van der Waals surface area (Å²) in [6.45, 7) is 9.67. The molecule has 1 rings (SSSR count). The molecule has 108 valence electrons. The molecule has 0 spiro atoms. The molecule has 0 aliphatic heterocycles. The second kappa shape index (κ2) is 8.94. The minimum Gasteiger partial charge on any atom is -0.390 e. The van der Waals surface area contributed by atoms with E-state index in [0.29, 0.717) is 13.1 Å². The molecule has 3 heteroatoms. The number of aliphatic hydroxyl groups excluding tert-OH is 1. The Morgan fingerprint density at radius 2 is 2.00 bits per heavy atom. The second-order valence-corrected chi connectivity index (χ2v) is 5.04. The molecule has 0 saturated heterocycles. The number of benzene rings is 1. The molecule has 1 aromatic carbocycles. The second-order valence-electron chi connectivity index (χ2n) is 5.04. The monoisotopic (exact) mass is 264 g/mol. The van der Waals surface area contributed by atoms with Crippen molar-refractivity contribution in [3.05, 3.63) is 29.8 Å². The van der Waals surface area contributed by atoms with Gasteiger partial charge in [-0.1, -0.05) is 31.5 Å². The fourth-order valence-corrected chi connectivity index (χ4v) is 2.21. The van der Waals surface area contributed by atoms with Gasteiger partial charge in [0.25, 0.3) is 0 Å². The minimum atomic E-state index is -0.323. The van der Waals surface area contributed by atoms with Crippen LogP contribution in [0, 0.1) is 6.92 Å². The first kappa shape index (κ1) is 16.0. The largest absolute Gasteiger partial charge is 0.390 e. The van der Waals surface area contributed by atoms with Crippen molar-refractivity contribution < 1.29 is 5.11 Å². The summed E-state index contributed by atoms with van der Waals surface area (Å²) in [5.41, 5.74) is 2.48. The van der Waals surface area contributed by atoms with Gasteiger partial charge < -0.3 is 15.3 Å². The van der Waals surface area contributed by atoms with E-state index in [9.17, 15) is 5.11 Å². The van der Waals surface area contributed by atoms with E-state index in [2.05, 4.69) is 55.3 Å². The number of para-hydroxylation sites is 1. The Morgan fingerprint density at radius 1 is 1.26 bits per heavy atom. The van der Waals surface area contributed by atoms with E-state index in [0.717, 1.165) is 13.1 Å². The maximum atomic E-state index is 10.1. The summed E-state index contributed by atoms with van der Waals surface area (Å²) in [7, 11) is 0. The summed E-state index contributed by atoms with van der Waals surface area (Å²) in [6.07, 6.45) is 2.03. The standard InChI is InChI=1S/C16H28N2O/c1-4-6-11-17-12-15(19)13-18(5-2)16-10-8-7-9-14(16)3/h7-10,15,17,19H,4-6,11-13H2,1-3H3. The van der Waals surface area contributed by atoms with Gasteiger partial charge in [0.2, 0.25) is 0 Å². The average Bonchev–Trinajstić information content (AvgIpc) is 2.42. The number of aryl methyl sites for hydroxylation is 1. The number of nitrogens with zero attached hydrogens (tertiary/aromatic N) is 1. The molecule has 1 aromatic rings. The van der Waals surface area contributed by atoms with Crippen LogP contribution in [0.15, 0.2) is 24.3 Å². The molecule has 0 aliphatic rings. The van der Waals surface area contributed by atoms with Crippen LogP contribution in [-0.2, 0) is 0 Å². The molecule has 1 atom stereocenters. The Kier molecular flexibility index (Phi) is 7.53. The van der Waals surface area contributed by atoms with Crippen molar-refractivity contribution in [2.75, 3.05) is 31.1 Å². The van der Waals surface area contributed by atoms with E-state index in [4.69, 9.17) is 0 Å². The first-order valence-corrected chi connectivity index (χ1v) is 7.38. The fourth-order valence-electron chi connectivity index (χ4n) is 2.21. The van der Waals surface area contributed by atoms with Crippen molar-refractivity contribution >= 4 is 5.69 Å². The predicted octanol–water partition coefficient (Wildman–Crippen LogP) is 2.57. The molecular weight excluding hydrogens is 236 g/mol. The van der Waals surface area contributed by atoms with E-state index < -0.39 is 0 Å². The molecule has 19 heavy (non-hydrogen) atoms. The third kappa shape index (κ3) is 5.62. The van der Waals surface area contributed by atoms with Gasteiger partial charge in [-0.25, -0.2) is 0 Å². The molecule has 0 amide bonds. The van der Waals surface area contributed by atoms with Gasteiger partial charge in [-0.2, -0.15) is 0 Å². The molecule has 0 aliphatic carbocycles. The van der Waals surface area contributed by atoms with Crippen molar-refractivity contribution in [1.29, 1.82) is 0 Å². The molecule has 0 heterocycles. The number of hydrogen-bond acceptors (Lipinski definition) is 3. The molecule has 0 bridgehead atoms. The molecule has 0 radical (unpaired) electrons. The van der Waals surface area contributed by atoms with Crippen molar-refractivity contribution in [2.24, 2.45) is 0 Å². The van der Waals surface area contributed by atoms with Crippen molar-refractivity contribution in [1.82, 2.24) is 5.32 Å². The Bertz CT molecular complexity index is 354. The van der Waals surface area contributed by atoms with E-state index >= 15 is 0 Å². The van der Waals surface area contributed by atoms with Crippen LogP contribution < -0.4 is 10.2 Å². The summed E-state index contributed by atoms with van der Waals surface area (Å²) in [5.74, 6) is 0. The van der Waals surface area contributed by atoms with Gasteiger partial charge in [-0.3, -0.25) is 0 Å². The zero-order valence-electron chi connectivity index (χ0n) is 12.5. The van der Waals surface area contributed by atoms with Crippen molar-refractivity contribution in [2.45, 2.75) is 39.7 Å². The van der Waals surface area contributed by atoms with E-state index in [1.54, 1.807) is 0 Å². The lowest BCUT2D eigenvalue weighted by molar-refractivity contribution is 0.177. The summed E-state index contributed by atoms with van der Waals surface area (Å²) in [6, 6.07) is 8.34. The van der Waals surface area contributed by atoms with Gasteiger partial charge in [-0.15, -0.1) is 0 Å². The Labute approximate surface area is 117 Å². The lowest BCUT2D eigenvalue weighted by Crippen LogP contribution is -2.38. The molecule has 3 nitrogen and oxygen atoms in total. The summed E-state index contributed by atoms with van der Waals surface area (Å²) in [4.78, 5) is 2.24. The van der Waals surface area contributed by atoms with Crippen LogP contribution in [0.25, 0.3) is 0 Å². The van der Waals surface area contributed by atoms with Crippen LogP contribution in [0.2, 0.25) is 0 Å². The SMILES string of the molecule is CCCCNCC(O)CN(CC)c1ccccc1C. The highest BCUT2D eigenvalue weighted by atomic mass is 16.3. The van der Waals surface area contributed by atoms with Gasteiger partial charge in [0, 0.05) is 25.3 Å². The number of hydrogen-bond donors (Lipinski definition) is 2. The van der Waals surface area contributed by atoms with Crippen LogP contribution in [0.1, 0.15) is 32.3 Å². The van der Waals surface area contributed by atoms with Gasteiger partial charge >= 0.3 is 0 Å². The Balaban J connectivity index is 2.46. The molecule has 0 saturated carbocycles. The number of nitrogens with one attached hydrogen (secondary N) is 1. The van der Waals surface area contributed by atoms with Gasteiger partial charge in [0.1, 0.15) is 0 Å². The highest BCUT2D eigenvalue weighted by Gasteiger charge is 2.12. The molecule has 1 unspecified atom stereocenters. The third-order valence-electron chi connectivity index (χ3n) is 3.36. The maximum Gasteiger partial charge on any atom is 0.0839 e. The normalized spacial score (nSPS) is 12.4. The van der Waals surface area contributed by atoms with Crippen molar-refractivity contribution in [3.63, 3.8) is 0 Å². The molecule has 0 fully saturated rings. The van der Waals surface area contributed by atoms with E-state index in [-0.39, 0.29) is 6.10 Å². The highest BCUT2D eigenvalue weighted by Crippen LogP contribution is 2.19. The van der Waals surface area contributed by atoms with Crippen LogP contribution in [0.4, 0.5) is 5.69 Å². The fraction of sp³-hybridized carbons (Fsp3) is 0.625. The average molecular weight is 264 g/mol. The first-order chi connectivity index (χ1) is 9.19. The smallest absolute Gasteiger partial charge is 0.0839 e. The number of unbranched alkanes of at least 4 members (excludes halogenated alkanes) is 1. The molecule has 0 aromatic heterocycles. The van der Waals surface area contributed by atoms with E-state index in [1.165, 1.54) is 24.1 Å². The Morgan fingerprint density at radius 3 is 2.63 bits per heavy atom. The van der Waals surface area contributed by atoms with E-state index in [1.807, 2.05) is 0 Å². The van der Waals surface area contributed by atoms with Gasteiger partial charge in [-0.05, 0) is 38.4 Å². The van der Waals surface area contributed by atoms with Crippen LogP contribution in [0.3, 0.4) is 0 Å². The third-order valence-corrected chi connectivity index (χ3v) is 3.36. The summed E-state index contributed by atoms with van der Waals surface area (Å²) in [5, 5.41) is 13.4. The number of aliphatic hydroxyl groups is 1. The van der Waals surface area contributed by atoms with Crippen LogP contribution in [-0.4, -0.2) is 37.4 Å². The highest BCUT2D eigenvalue weighted by molar-refractivity contribution is 5.52. The Hall–Kier alpha value is -1.06. The summed E-state index contributed by atoms with van der Waals surface area (Å²) < 4.78 is 0.